The summed E-state index contributed by atoms with van der Waals surface area (Å²) in [6.45, 7) is 0. The van der Waals surface area contributed by atoms with Crippen LogP contribution in [0, 0.1) is 0 Å². The summed E-state index contributed by atoms with van der Waals surface area (Å²) in [7, 11) is 0. The summed E-state index contributed by atoms with van der Waals surface area (Å²) in [5, 5.41) is 17.3. The minimum Gasteiger partial charge on any atom is -0.456 e. The van der Waals surface area contributed by atoms with Crippen molar-refractivity contribution in [2.75, 3.05) is 0 Å². The maximum absolute atomic E-state index is 6.85. The Morgan fingerprint density at radius 2 is 0.828 bits per heavy atom. The van der Waals surface area contributed by atoms with Crippen LogP contribution in [0.5, 0.6) is 0 Å². The molecule has 0 unspecified atom stereocenters. The number of hydrogen-bond acceptors (Lipinski definition) is 2. The molecule has 0 N–H and O–H groups in total. The first-order valence-electron chi connectivity index (χ1n) is 22.0. The minimum atomic E-state index is 0.914. The first-order valence-corrected chi connectivity index (χ1v) is 22.8. The van der Waals surface area contributed by atoms with Gasteiger partial charge in [-0.1, -0.05) is 182 Å². The van der Waals surface area contributed by atoms with Crippen molar-refractivity contribution in [3.8, 4) is 44.5 Å². The molecule has 2 aromatic heterocycles. The van der Waals surface area contributed by atoms with Gasteiger partial charge in [0.25, 0.3) is 0 Å². The van der Waals surface area contributed by atoms with Gasteiger partial charge in [-0.15, -0.1) is 11.3 Å². The lowest BCUT2D eigenvalue weighted by molar-refractivity contribution is 0.669. The largest absolute Gasteiger partial charge is 0.456 e. The Labute approximate surface area is 372 Å². The molecule has 0 atom stereocenters. The van der Waals surface area contributed by atoms with Crippen molar-refractivity contribution in [1.82, 2.24) is 0 Å². The molecule has 0 bridgehead atoms. The summed E-state index contributed by atoms with van der Waals surface area (Å²) in [5.41, 5.74) is 11.6. The average molecular weight is 829 g/mol. The van der Waals surface area contributed by atoms with E-state index in [1.807, 2.05) is 11.3 Å². The van der Waals surface area contributed by atoms with Crippen molar-refractivity contribution in [2.24, 2.45) is 0 Å². The topological polar surface area (TPSA) is 13.1 Å². The van der Waals surface area contributed by atoms with Crippen molar-refractivity contribution >= 4 is 107 Å². The van der Waals surface area contributed by atoms with Gasteiger partial charge < -0.3 is 4.42 Å². The molecule has 0 saturated heterocycles. The van der Waals surface area contributed by atoms with Crippen LogP contribution in [0.1, 0.15) is 0 Å². The third-order valence-corrected chi connectivity index (χ3v) is 14.8. The zero-order valence-corrected chi connectivity index (χ0v) is 35.4. The highest BCUT2D eigenvalue weighted by atomic mass is 32.1. The van der Waals surface area contributed by atoms with Crippen LogP contribution in [0.25, 0.3) is 140 Å². The number of benzene rings is 12. The molecule has 0 spiro atoms. The van der Waals surface area contributed by atoms with Crippen LogP contribution in [0.3, 0.4) is 0 Å². The molecule has 0 amide bonds. The standard InChI is InChI=1S/C62H36OS/c1-2-15-38-34-40(29-28-37(38)14-1)39-16-13-17-41(35-39)58-47-22-7-9-24-49(47)59(50-25-10-8-23-48(50)58)51-31-30-45(42-18-3-4-19-43(42)51)53-36-55-60(46-21-6-5-20-44(46)53)62-54(63-55)32-33-57-61(62)52-26-11-12-27-56(52)64-57/h1-36H. The summed E-state index contributed by atoms with van der Waals surface area (Å²) >= 11 is 1.85. The maximum Gasteiger partial charge on any atom is 0.136 e. The number of furan rings is 1. The fraction of sp³-hybridized carbons (Fsp3) is 0. The van der Waals surface area contributed by atoms with Gasteiger partial charge in [0.2, 0.25) is 0 Å². The molecular formula is C62H36OS. The monoisotopic (exact) mass is 828 g/mol. The second-order valence-electron chi connectivity index (χ2n) is 17.0. The summed E-state index contributed by atoms with van der Waals surface area (Å²) in [6, 6.07) is 80.5. The maximum atomic E-state index is 6.85. The van der Waals surface area contributed by atoms with E-state index < -0.39 is 0 Å². The fourth-order valence-corrected chi connectivity index (χ4v) is 12.0. The zero-order chi connectivity index (χ0) is 41.9. The SMILES string of the molecule is c1cc(-c2ccc3ccccc3c2)cc(-c2c3ccccc3c(-c3ccc(-c4cc5oc6ccc7sc8ccccc8c7c6c5c5ccccc45)c4ccccc34)c3ccccc23)c1. The molecule has 296 valence electrons. The van der Waals surface area contributed by atoms with Crippen molar-refractivity contribution in [3.05, 3.63) is 218 Å². The van der Waals surface area contributed by atoms with Gasteiger partial charge in [-0.3, -0.25) is 0 Å². The van der Waals surface area contributed by atoms with Crippen molar-refractivity contribution in [3.63, 3.8) is 0 Å². The summed E-state index contributed by atoms with van der Waals surface area (Å²) in [5.74, 6) is 0. The molecular weight excluding hydrogens is 793 g/mol. The lowest BCUT2D eigenvalue weighted by Crippen LogP contribution is -1.93. The Morgan fingerprint density at radius 1 is 0.266 bits per heavy atom. The highest BCUT2D eigenvalue weighted by Gasteiger charge is 2.22. The second-order valence-corrected chi connectivity index (χ2v) is 18.1. The lowest BCUT2D eigenvalue weighted by Gasteiger charge is -2.20. The first-order chi connectivity index (χ1) is 31.7. The second kappa shape index (κ2) is 13.7. The Hall–Kier alpha value is -8.04. The molecule has 0 saturated carbocycles. The van der Waals surface area contributed by atoms with Crippen LogP contribution in [0.15, 0.2) is 223 Å². The molecule has 12 aromatic carbocycles. The Kier molecular flexibility index (Phi) is 7.63. The quantitative estimate of drug-likeness (QED) is 0.161. The number of hydrogen-bond donors (Lipinski definition) is 0. The van der Waals surface area contributed by atoms with Crippen LogP contribution in [0.4, 0.5) is 0 Å². The van der Waals surface area contributed by atoms with Crippen LogP contribution in [0.2, 0.25) is 0 Å². The van der Waals surface area contributed by atoms with E-state index in [-0.39, 0.29) is 0 Å². The lowest BCUT2D eigenvalue weighted by atomic mass is 9.83. The fourth-order valence-electron chi connectivity index (χ4n) is 10.9. The van der Waals surface area contributed by atoms with Crippen LogP contribution >= 0.6 is 11.3 Å². The first kappa shape index (κ1) is 35.5. The van der Waals surface area contributed by atoms with Gasteiger partial charge >= 0.3 is 0 Å². The van der Waals surface area contributed by atoms with Gasteiger partial charge in [-0.2, -0.15) is 0 Å². The van der Waals surface area contributed by atoms with Crippen molar-refractivity contribution in [2.45, 2.75) is 0 Å². The minimum absolute atomic E-state index is 0.914. The van der Waals surface area contributed by atoms with Crippen LogP contribution in [-0.2, 0) is 0 Å². The molecule has 14 aromatic rings. The van der Waals surface area contributed by atoms with E-state index in [0.717, 1.165) is 11.2 Å². The molecule has 0 aliphatic rings. The molecule has 0 radical (unpaired) electrons. The van der Waals surface area contributed by atoms with Gasteiger partial charge in [-0.25, -0.2) is 0 Å². The van der Waals surface area contributed by atoms with Gasteiger partial charge in [0.1, 0.15) is 11.2 Å². The molecule has 2 heterocycles. The average Bonchev–Trinajstić information content (AvgIpc) is 3.93. The van der Waals surface area contributed by atoms with E-state index >= 15 is 0 Å². The molecule has 0 aliphatic heterocycles. The molecule has 2 heteroatoms. The Bertz CT molecular complexity index is 4200. The van der Waals surface area contributed by atoms with E-state index in [1.165, 1.54) is 129 Å². The van der Waals surface area contributed by atoms with Gasteiger partial charge in [0, 0.05) is 30.9 Å². The molecule has 0 aliphatic carbocycles. The third-order valence-electron chi connectivity index (χ3n) is 13.6. The van der Waals surface area contributed by atoms with E-state index in [0.29, 0.717) is 0 Å². The molecule has 1 nitrogen and oxygen atoms in total. The normalized spacial score (nSPS) is 12.1. The zero-order valence-electron chi connectivity index (χ0n) is 34.6. The number of fused-ring (bicyclic) bond motifs is 13. The Morgan fingerprint density at radius 3 is 1.58 bits per heavy atom. The van der Waals surface area contributed by atoms with Crippen molar-refractivity contribution < 1.29 is 4.42 Å². The smallest absolute Gasteiger partial charge is 0.136 e. The summed E-state index contributed by atoms with van der Waals surface area (Å²) in [6.07, 6.45) is 0. The van der Waals surface area contributed by atoms with Crippen LogP contribution < -0.4 is 0 Å². The highest BCUT2D eigenvalue weighted by molar-refractivity contribution is 7.26. The predicted octanol–water partition coefficient (Wildman–Crippen LogP) is 18.4. The summed E-state index contributed by atoms with van der Waals surface area (Å²) in [4.78, 5) is 0. The number of thiophene rings is 1. The van der Waals surface area contributed by atoms with E-state index in [4.69, 9.17) is 4.42 Å². The van der Waals surface area contributed by atoms with E-state index in [9.17, 15) is 0 Å². The molecule has 14 rings (SSSR count). The molecule has 0 fully saturated rings. The van der Waals surface area contributed by atoms with E-state index in [1.54, 1.807) is 0 Å². The van der Waals surface area contributed by atoms with Gasteiger partial charge in [0.15, 0.2) is 0 Å². The number of rotatable bonds is 4. The third kappa shape index (κ3) is 5.18. The van der Waals surface area contributed by atoms with Gasteiger partial charge in [0.05, 0.1) is 0 Å². The molecule has 64 heavy (non-hydrogen) atoms. The summed E-state index contributed by atoms with van der Waals surface area (Å²) < 4.78 is 9.44. The van der Waals surface area contributed by atoms with Crippen molar-refractivity contribution in [1.29, 1.82) is 0 Å². The Balaban J connectivity index is 0.990. The van der Waals surface area contributed by atoms with Crippen LogP contribution in [-0.4, -0.2) is 0 Å². The predicted molar refractivity (Wildman–Crippen MR) is 276 cm³/mol. The van der Waals surface area contributed by atoms with E-state index in [2.05, 4.69) is 218 Å². The highest BCUT2D eigenvalue weighted by Crippen LogP contribution is 2.50. The van der Waals surface area contributed by atoms with Gasteiger partial charge in [-0.05, 0) is 135 Å².